The quantitative estimate of drug-likeness (QED) is 0.652. The number of nitrogens with one attached hydrogen (secondary N) is 1. The Morgan fingerprint density at radius 2 is 2.00 bits per heavy atom. The summed E-state index contributed by atoms with van der Waals surface area (Å²) >= 11 is 7.18. The highest BCUT2D eigenvalue weighted by atomic mass is 35.5. The van der Waals surface area contributed by atoms with Gasteiger partial charge in [0.05, 0.1) is 12.8 Å². The Morgan fingerprint density at radius 1 is 1.23 bits per heavy atom. The van der Waals surface area contributed by atoms with Gasteiger partial charge in [0, 0.05) is 10.6 Å². The molecular formula is C18H15ClN2O4S. The zero-order chi connectivity index (χ0) is 18.8. The van der Waals surface area contributed by atoms with E-state index in [1.807, 2.05) is 19.1 Å². The second-order valence-corrected chi connectivity index (χ2v) is 6.86. The molecule has 0 saturated carbocycles. The Labute approximate surface area is 158 Å². The summed E-state index contributed by atoms with van der Waals surface area (Å²) < 4.78 is 10.3. The predicted octanol–water partition coefficient (Wildman–Crippen LogP) is 4.71. The molecule has 8 heteroatoms. The van der Waals surface area contributed by atoms with E-state index in [1.54, 1.807) is 25.1 Å². The molecule has 2 aromatic heterocycles. The van der Waals surface area contributed by atoms with E-state index in [1.165, 1.54) is 7.11 Å². The highest BCUT2D eigenvalue weighted by Crippen LogP contribution is 2.30. The van der Waals surface area contributed by atoms with Crippen LogP contribution < -0.4 is 5.32 Å². The number of aromatic nitrogens is 1. The fourth-order valence-corrected chi connectivity index (χ4v) is 3.42. The van der Waals surface area contributed by atoms with Crippen LogP contribution in [0.1, 0.15) is 31.5 Å². The van der Waals surface area contributed by atoms with E-state index >= 15 is 0 Å². The number of carbonyl (C=O) groups is 2. The molecule has 0 unspecified atom stereocenters. The number of nitrogens with zero attached hydrogens (tertiary/aromatic N) is 1. The fourth-order valence-electron chi connectivity index (χ4n) is 2.37. The van der Waals surface area contributed by atoms with Gasteiger partial charge in [0.2, 0.25) is 0 Å². The van der Waals surface area contributed by atoms with E-state index in [0.29, 0.717) is 26.5 Å². The van der Waals surface area contributed by atoms with Crippen LogP contribution in [0.2, 0.25) is 5.02 Å². The SMILES string of the molecule is COC(=O)c1sc(NC(=O)c2ccc(-c3cccc(Cl)c3C)o2)nc1C. The van der Waals surface area contributed by atoms with Crippen molar-refractivity contribution in [1.29, 1.82) is 0 Å². The van der Waals surface area contributed by atoms with Gasteiger partial charge < -0.3 is 9.15 Å². The minimum atomic E-state index is -0.489. The molecular weight excluding hydrogens is 376 g/mol. The van der Waals surface area contributed by atoms with Crippen molar-refractivity contribution in [3.05, 3.63) is 57.2 Å². The number of anilines is 1. The van der Waals surface area contributed by atoms with Crippen LogP contribution in [-0.4, -0.2) is 24.0 Å². The van der Waals surface area contributed by atoms with Crippen molar-refractivity contribution in [2.45, 2.75) is 13.8 Å². The summed E-state index contributed by atoms with van der Waals surface area (Å²) in [5.74, 6) is -0.272. The van der Waals surface area contributed by atoms with Gasteiger partial charge >= 0.3 is 5.97 Å². The van der Waals surface area contributed by atoms with Gasteiger partial charge in [-0.05, 0) is 37.6 Å². The molecule has 0 aliphatic rings. The van der Waals surface area contributed by atoms with E-state index in [2.05, 4.69) is 15.0 Å². The summed E-state index contributed by atoms with van der Waals surface area (Å²) in [5.41, 5.74) is 2.18. The molecule has 1 aromatic carbocycles. The van der Waals surface area contributed by atoms with E-state index in [9.17, 15) is 9.59 Å². The van der Waals surface area contributed by atoms with Crippen molar-refractivity contribution in [2.75, 3.05) is 12.4 Å². The van der Waals surface area contributed by atoms with E-state index in [4.69, 9.17) is 16.0 Å². The van der Waals surface area contributed by atoms with Gasteiger partial charge in [0.15, 0.2) is 10.9 Å². The zero-order valence-electron chi connectivity index (χ0n) is 14.3. The first-order chi connectivity index (χ1) is 12.4. The highest BCUT2D eigenvalue weighted by molar-refractivity contribution is 7.17. The van der Waals surface area contributed by atoms with Crippen molar-refractivity contribution in [3.8, 4) is 11.3 Å². The molecule has 0 bridgehead atoms. The average molecular weight is 391 g/mol. The third-order valence-electron chi connectivity index (χ3n) is 3.75. The molecule has 0 fully saturated rings. The van der Waals surface area contributed by atoms with Crippen molar-refractivity contribution >= 4 is 39.9 Å². The molecule has 0 radical (unpaired) electrons. The van der Waals surface area contributed by atoms with Crippen molar-refractivity contribution in [2.24, 2.45) is 0 Å². The third-order valence-corrected chi connectivity index (χ3v) is 5.21. The predicted molar refractivity (Wildman–Crippen MR) is 100 cm³/mol. The van der Waals surface area contributed by atoms with Crippen LogP contribution in [0, 0.1) is 13.8 Å². The molecule has 1 N–H and O–H groups in total. The first-order valence-electron chi connectivity index (χ1n) is 7.63. The normalized spacial score (nSPS) is 10.6. The number of halogens is 1. The number of carbonyl (C=O) groups excluding carboxylic acids is 2. The van der Waals surface area contributed by atoms with E-state index < -0.39 is 11.9 Å². The summed E-state index contributed by atoms with van der Waals surface area (Å²) in [6.45, 7) is 3.55. The van der Waals surface area contributed by atoms with Crippen LogP contribution in [0.15, 0.2) is 34.7 Å². The molecule has 3 rings (SSSR count). The second-order valence-electron chi connectivity index (χ2n) is 5.46. The van der Waals surface area contributed by atoms with Gasteiger partial charge in [-0.25, -0.2) is 9.78 Å². The van der Waals surface area contributed by atoms with Gasteiger partial charge in [0.1, 0.15) is 10.6 Å². The van der Waals surface area contributed by atoms with Crippen LogP contribution in [0.4, 0.5) is 5.13 Å². The summed E-state index contributed by atoms with van der Waals surface area (Å²) in [7, 11) is 1.29. The minimum absolute atomic E-state index is 0.131. The topological polar surface area (TPSA) is 81.4 Å². The summed E-state index contributed by atoms with van der Waals surface area (Å²) in [4.78, 5) is 28.5. The summed E-state index contributed by atoms with van der Waals surface area (Å²) in [5, 5.41) is 3.55. The number of amides is 1. The maximum atomic E-state index is 12.4. The van der Waals surface area contributed by atoms with Gasteiger partial charge in [-0.2, -0.15) is 0 Å². The number of esters is 1. The van der Waals surface area contributed by atoms with Gasteiger partial charge in [-0.3, -0.25) is 10.1 Å². The van der Waals surface area contributed by atoms with E-state index in [-0.39, 0.29) is 5.76 Å². The lowest BCUT2D eigenvalue weighted by molar-refractivity contribution is 0.0605. The smallest absolute Gasteiger partial charge is 0.350 e. The molecule has 2 heterocycles. The molecule has 1 amide bonds. The number of aryl methyl sites for hydroxylation is 1. The maximum absolute atomic E-state index is 12.4. The number of ether oxygens (including phenoxy) is 1. The third kappa shape index (κ3) is 3.49. The standard InChI is InChI=1S/C18H15ClN2O4S/c1-9-11(5-4-6-12(9)19)13-7-8-14(25-13)16(22)21-18-20-10(2)15(26-18)17(23)24-3/h4-8H,1-3H3,(H,20,21,22). The Hall–Kier alpha value is -2.64. The second kappa shape index (κ2) is 7.31. The summed E-state index contributed by atoms with van der Waals surface area (Å²) in [6, 6.07) is 8.77. The lowest BCUT2D eigenvalue weighted by Crippen LogP contribution is -2.10. The lowest BCUT2D eigenvalue weighted by atomic mass is 10.1. The molecule has 0 aliphatic heterocycles. The fraction of sp³-hybridized carbons (Fsp3) is 0.167. The Morgan fingerprint density at radius 3 is 2.73 bits per heavy atom. The van der Waals surface area contributed by atoms with Gasteiger partial charge in [0.25, 0.3) is 5.91 Å². The molecule has 26 heavy (non-hydrogen) atoms. The van der Waals surface area contributed by atoms with Crippen molar-refractivity contribution in [1.82, 2.24) is 4.98 Å². The number of thiazole rings is 1. The van der Waals surface area contributed by atoms with Crippen LogP contribution in [0.5, 0.6) is 0 Å². The average Bonchev–Trinajstić information content (AvgIpc) is 3.23. The minimum Gasteiger partial charge on any atom is -0.465 e. The first kappa shape index (κ1) is 18.2. The number of hydrogen-bond acceptors (Lipinski definition) is 6. The molecule has 0 saturated heterocycles. The number of hydrogen-bond donors (Lipinski definition) is 1. The monoisotopic (exact) mass is 390 g/mol. The molecule has 6 nitrogen and oxygen atoms in total. The van der Waals surface area contributed by atoms with Crippen LogP contribution in [0.3, 0.4) is 0 Å². The van der Waals surface area contributed by atoms with Crippen LogP contribution >= 0.6 is 22.9 Å². The molecule has 0 atom stereocenters. The molecule has 0 aliphatic carbocycles. The highest BCUT2D eigenvalue weighted by Gasteiger charge is 2.19. The Balaban J connectivity index is 1.81. The Bertz CT molecular complexity index is 993. The van der Waals surface area contributed by atoms with Crippen molar-refractivity contribution < 1.29 is 18.7 Å². The zero-order valence-corrected chi connectivity index (χ0v) is 15.8. The van der Waals surface area contributed by atoms with Crippen LogP contribution in [0.25, 0.3) is 11.3 Å². The molecule has 0 spiro atoms. The van der Waals surface area contributed by atoms with E-state index in [0.717, 1.165) is 22.5 Å². The number of benzene rings is 1. The summed E-state index contributed by atoms with van der Waals surface area (Å²) in [6.07, 6.45) is 0. The number of rotatable bonds is 4. The first-order valence-corrected chi connectivity index (χ1v) is 8.82. The molecule has 3 aromatic rings. The molecule has 134 valence electrons. The number of methoxy groups -OCH3 is 1. The largest absolute Gasteiger partial charge is 0.465 e. The Kier molecular flexibility index (Phi) is 5.11. The maximum Gasteiger partial charge on any atom is 0.350 e. The van der Waals surface area contributed by atoms with Gasteiger partial charge in [-0.15, -0.1) is 0 Å². The number of furan rings is 1. The van der Waals surface area contributed by atoms with Crippen molar-refractivity contribution in [3.63, 3.8) is 0 Å². The lowest BCUT2D eigenvalue weighted by Gasteiger charge is -2.04. The van der Waals surface area contributed by atoms with Gasteiger partial charge in [-0.1, -0.05) is 35.1 Å². The van der Waals surface area contributed by atoms with Crippen LogP contribution in [-0.2, 0) is 4.74 Å².